The zero-order valence-corrected chi connectivity index (χ0v) is 22.2. The highest BCUT2D eigenvalue weighted by atomic mass is 35.5. The molecule has 0 unspecified atom stereocenters. The van der Waals surface area contributed by atoms with Gasteiger partial charge in [0.25, 0.3) is 0 Å². The minimum atomic E-state index is -0.178. The van der Waals surface area contributed by atoms with Crippen LogP contribution in [-0.2, 0) is 19.5 Å². The van der Waals surface area contributed by atoms with Crippen LogP contribution in [0.3, 0.4) is 0 Å². The van der Waals surface area contributed by atoms with Crippen molar-refractivity contribution in [3.8, 4) is 0 Å². The summed E-state index contributed by atoms with van der Waals surface area (Å²) in [5, 5.41) is 6.27. The van der Waals surface area contributed by atoms with Crippen LogP contribution >= 0.6 is 46.4 Å². The average molecular weight is 560 g/mol. The third-order valence-corrected chi connectivity index (χ3v) is 7.06. The smallest absolute Gasteiger partial charge is 0.326 e. The number of carbonyl (C=O) groups excluding carboxylic acids is 1. The topological polar surface area (TPSA) is 50.2 Å². The number of nitrogens with zero attached hydrogens (tertiary/aromatic N) is 3. The largest absolute Gasteiger partial charge is 0.333 e. The molecule has 0 atom stereocenters. The number of benzene rings is 2. The standard InChI is InChI=1S/C27H22Cl4N4O/c28-19-3-4-24-22(14-19)23-16-34(8-1-2-17-10-20(29)13-21(30)11-17)9-6-25(23)35(24)27(36)33-15-18-5-7-32-26(31)12-18/h1-5,7,10-14H,6,8-9,15-16H2,(H,33,36)/b2-1+. The summed E-state index contributed by atoms with van der Waals surface area (Å²) in [7, 11) is 0. The second-order valence-corrected chi connectivity index (χ2v) is 10.4. The highest BCUT2D eigenvalue weighted by Crippen LogP contribution is 2.33. The molecule has 0 fully saturated rings. The fraction of sp³-hybridized carbons (Fsp3) is 0.185. The van der Waals surface area contributed by atoms with E-state index in [-0.39, 0.29) is 6.03 Å². The summed E-state index contributed by atoms with van der Waals surface area (Å²) < 4.78 is 1.78. The van der Waals surface area contributed by atoms with E-state index in [0.29, 0.717) is 33.3 Å². The summed E-state index contributed by atoms with van der Waals surface area (Å²) in [5.41, 5.74) is 4.83. The van der Waals surface area contributed by atoms with Crippen molar-refractivity contribution in [3.63, 3.8) is 0 Å². The van der Waals surface area contributed by atoms with Gasteiger partial charge in [-0.25, -0.2) is 9.78 Å². The summed E-state index contributed by atoms with van der Waals surface area (Å²) in [4.78, 5) is 19.7. The van der Waals surface area contributed by atoms with Gasteiger partial charge in [-0.05, 0) is 65.2 Å². The number of hydrogen-bond donors (Lipinski definition) is 1. The fourth-order valence-corrected chi connectivity index (χ4v) is 5.50. The van der Waals surface area contributed by atoms with E-state index in [1.165, 1.54) is 0 Å². The Kier molecular flexibility index (Phi) is 7.56. The van der Waals surface area contributed by atoms with Crippen LogP contribution in [0.1, 0.15) is 22.4 Å². The third-order valence-electron chi connectivity index (χ3n) is 6.19. The van der Waals surface area contributed by atoms with Crippen molar-refractivity contribution in [1.82, 2.24) is 19.8 Å². The molecule has 1 amide bonds. The Labute approximate surface area is 229 Å². The van der Waals surface area contributed by atoms with Gasteiger partial charge in [0.05, 0.1) is 5.52 Å². The molecule has 5 rings (SSSR count). The van der Waals surface area contributed by atoms with Crippen molar-refractivity contribution in [3.05, 3.63) is 103 Å². The predicted octanol–water partition coefficient (Wildman–Crippen LogP) is 7.48. The first-order valence-electron chi connectivity index (χ1n) is 11.4. The van der Waals surface area contributed by atoms with Gasteiger partial charge in [0.2, 0.25) is 0 Å². The fourth-order valence-electron chi connectivity index (χ4n) is 4.59. The summed E-state index contributed by atoms with van der Waals surface area (Å²) in [6.45, 7) is 2.65. The van der Waals surface area contributed by atoms with E-state index in [2.05, 4.69) is 21.3 Å². The molecule has 0 spiro atoms. The summed E-state index contributed by atoms with van der Waals surface area (Å²) in [6.07, 6.45) is 6.49. The highest BCUT2D eigenvalue weighted by Gasteiger charge is 2.26. The van der Waals surface area contributed by atoms with Crippen molar-refractivity contribution >= 4 is 69.4 Å². The van der Waals surface area contributed by atoms with Gasteiger partial charge in [0.1, 0.15) is 5.15 Å². The number of pyridine rings is 1. The second kappa shape index (κ2) is 10.8. The van der Waals surface area contributed by atoms with Crippen molar-refractivity contribution in [2.45, 2.75) is 19.5 Å². The molecule has 2 aromatic carbocycles. The van der Waals surface area contributed by atoms with Gasteiger partial charge in [0.15, 0.2) is 0 Å². The van der Waals surface area contributed by atoms with Crippen LogP contribution in [0.5, 0.6) is 0 Å². The van der Waals surface area contributed by atoms with E-state index in [4.69, 9.17) is 46.4 Å². The maximum atomic E-state index is 13.3. The first kappa shape index (κ1) is 25.1. The number of halogens is 4. The molecule has 1 N–H and O–H groups in total. The average Bonchev–Trinajstić information content (AvgIpc) is 3.15. The van der Waals surface area contributed by atoms with Crippen LogP contribution < -0.4 is 5.32 Å². The number of hydrogen-bond acceptors (Lipinski definition) is 3. The van der Waals surface area contributed by atoms with E-state index < -0.39 is 0 Å². The Morgan fingerprint density at radius 2 is 1.81 bits per heavy atom. The molecule has 0 saturated carbocycles. The highest BCUT2D eigenvalue weighted by molar-refractivity contribution is 6.34. The van der Waals surface area contributed by atoms with Crippen molar-refractivity contribution in [2.24, 2.45) is 0 Å². The van der Waals surface area contributed by atoms with Gasteiger partial charge in [-0.1, -0.05) is 58.6 Å². The molecule has 0 bridgehead atoms. The Morgan fingerprint density at radius 3 is 2.58 bits per heavy atom. The van der Waals surface area contributed by atoms with E-state index in [1.807, 2.05) is 42.5 Å². The van der Waals surface area contributed by atoms with Crippen molar-refractivity contribution in [1.29, 1.82) is 0 Å². The van der Waals surface area contributed by atoms with Crippen LogP contribution in [-0.4, -0.2) is 33.6 Å². The van der Waals surface area contributed by atoms with Gasteiger partial charge in [-0.3, -0.25) is 9.47 Å². The van der Waals surface area contributed by atoms with Crippen molar-refractivity contribution in [2.75, 3.05) is 13.1 Å². The lowest BCUT2D eigenvalue weighted by Gasteiger charge is -2.27. The molecule has 184 valence electrons. The Hall–Kier alpha value is -2.54. The van der Waals surface area contributed by atoms with Crippen LogP contribution in [0.15, 0.2) is 60.8 Å². The SMILES string of the molecule is O=C(NCc1ccnc(Cl)c1)n1c2c(c3cc(Cl)ccc31)CN(C/C=C/c1cc(Cl)cc(Cl)c1)CC2. The summed E-state index contributed by atoms with van der Waals surface area (Å²) in [6, 6.07) is 14.5. The van der Waals surface area contributed by atoms with Crippen molar-refractivity contribution < 1.29 is 4.79 Å². The van der Waals surface area contributed by atoms with E-state index in [1.54, 1.807) is 22.9 Å². The number of nitrogens with one attached hydrogen (secondary N) is 1. The maximum Gasteiger partial charge on any atom is 0.326 e. The molecule has 5 nitrogen and oxygen atoms in total. The number of rotatable bonds is 5. The lowest BCUT2D eigenvalue weighted by Crippen LogP contribution is -2.34. The Bertz CT molecular complexity index is 1460. The molecule has 1 aliphatic heterocycles. The third kappa shape index (κ3) is 5.56. The Balaban J connectivity index is 1.37. The lowest BCUT2D eigenvalue weighted by molar-refractivity contribution is 0.240. The maximum absolute atomic E-state index is 13.3. The summed E-state index contributed by atoms with van der Waals surface area (Å²) >= 11 is 24.6. The Morgan fingerprint density at radius 1 is 1.00 bits per heavy atom. The van der Waals surface area contributed by atoms with E-state index in [0.717, 1.165) is 52.8 Å². The quantitative estimate of drug-likeness (QED) is 0.258. The predicted molar refractivity (Wildman–Crippen MR) is 148 cm³/mol. The molecule has 9 heteroatoms. The number of amides is 1. The van der Waals surface area contributed by atoms with Gasteiger partial charge in [-0.2, -0.15) is 0 Å². The molecule has 4 aromatic rings. The second-order valence-electron chi connectivity index (χ2n) is 8.66. The monoisotopic (exact) mass is 558 g/mol. The number of aromatic nitrogens is 2. The van der Waals surface area contributed by atoms with Crippen LogP contribution in [0.25, 0.3) is 17.0 Å². The molecule has 0 radical (unpaired) electrons. The minimum absolute atomic E-state index is 0.178. The van der Waals surface area contributed by atoms with Gasteiger partial charge in [0, 0.05) is 64.9 Å². The molecule has 1 aliphatic rings. The van der Waals surface area contributed by atoms with E-state index in [9.17, 15) is 4.79 Å². The van der Waals surface area contributed by atoms with Gasteiger partial charge >= 0.3 is 6.03 Å². The van der Waals surface area contributed by atoms with Gasteiger partial charge in [-0.15, -0.1) is 0 Å². The molecule has 0 aliphatic carbocycles. The molecule has 36 heavy (non-hydrogen) atoms. The van der Waals surface area contributed by atoms with Crippen LogP contribution in [0.2, 0.25) is 20.2 Å². The lowest BCUT2D eigenvalue weighted by atomic mass is 10.0. The van der Waals surface area contributed by atoms with E-state index >= 15 is 0 Å². The minimum Gasteiger partial charge on any atom is -0.333 e. The summed E-state index contributed by atoms with van der Waals surface area (Å²) in [5.74, 6) is 0. The first-order chi connectivity index (χ1) is 17.4. The molecule has 0 saturated heterocycles. The van der Waals surface area contributed by atoms with Gasteiger partial charge < -0.3 is 5.32 Å². The zero-order valence-electron chi connectivity index (χ0n) is 19.1. The molecule has 3 heterocycles. The number of carbonyl (C=O) groups is 1. The van der Waals surface area contributed by atoms with Crippen LogP contribution in [0.4, 0.5) is 4.79 Å². The first-order valence-corrected chi connectivity index (χ1v) is 12.9. The normalized spacial score (nSPS) is 13.9. The molecule has 2 aromatic heterocycles. The van der Waals surface area contributed by atoms with Crippen LogP contribution in [0, 0.1) is 0 Å². The number of fused-ring (bicyclic) bond motifs is 3. The molecular weight excluding hydrogens is 538 g/mol. The molecular formula is C27H22Cl4N4O. The zero-order chi connectivity index (χ0) is 25.2.